The summed E-state index contributed by atoms with van der Waals surface area (Å²) in [5, 5.41) is 11.9. The molecule has 18 heavy (non-hydrogen) atoms. The lowest BCUT2D eigenvalue weighted by molar-refractivity contribution is 0.220. The molecule has 0 unspecified atom stereocenters. The van der Waals surface area contributed by atoms with Crippen molar-refractivity contribution in [1.82, 2.24) is 4.90 Å². The predicted octanol–water partition coefficient (Wildman–Crippen LogP) is 2.26. The van der Waals surface area contributed by atoms with E-state index in [1.165, 1.54) is 0 Å². The molecule has 0 bridgehead atoms. The second kappa shape index (κ2) is 5.87. The van der Waals surface area contributed by atoms with Gasteiger partial charge in [-0.15, -0.1) is 0 Å². The van der Waals surface area contributed by atoms with Crippen molar-refractivity contribution in [2.45, 2.75) is 27.3 Å². The number of nitrogens with two attached hydrogens (primary N) is 1. The van der Waals surface area contributed by atoms with Crippen LogP contribution in [-0.2, 0) is 6.54 Å². The summed E-state index contributed by atoms with van der Waals surface area (Å²) in [5.74, 6) is 0.162. The van der Waals surface area contributed by atoms with Crippen LogP contribution in [0.4, 0.5) is 0 Å². The second-order valence-electron chi connectivity index (χ2n) is 5.88. The summed E-state index contributed by atoms with van der Waals surface area (Å²) in [7, 11) is 2.08. The average molecular weight is 249 g/mol. The molecule has 0 saturated carbocycles. The highest BCUT2D eigenvalue weighted by molar-refractivity contribution is 5.98. The third-order valence-corrected chi connectivity index (χ3v) is 2.59. The molecule has 100 valence electrons. The molecule has 1 aromatic rings. The largest absolute Gasteiger partial charge is 0.409 e. The van der Waals surface area contributed by atoms with E-state index in [0.717, 1.165) is 24.2 Å². The molecule has 0 spiro atoms. The number of rotatable bonds is 4. The van der Waals surface area contributed by atoms with Crippen molar-refractivity contribution >= 4 is 5.84 Å². The van der Waals surface area contributed by atoms with E-state index in [1.807, 2.05) is 24.3 Å². The van der Waals surface area contributed by atoms with Crippen molar-refractivity contribution in [3.63, 3.8) is 0 Å². The van der Waals surface area contributed by atoms with Crippen LogP contribution in [0, 0.1) is 5.41 Å². The van der Waals surface area contributed by atoms with E-state index in [2.05, 4.69) is 37.9 Å². The van der Waals surface area contributed by atoms with E-state index in [1.54, 1.807) is 0 Å². The van der Waals surface area contributed by atoms with Crippen LogP contribution >= 0.6 is 0 Å². The van der Waals surface area contributed by atoms with Crippen molar-refractivity contribution in [3.8, 4) is 0 Å². The molecule has 4 heteroatoms. The van der Waals surface area contributed by atoms with Crippen molar-refractivity contribution in [2.75, 3.05) is 13.6 Å². The molecule has 4 nitrogen and oxygen atoms in total. The zero-order valence-electron chi connectivity index (χ0n) is 11.6. The fraction of sp³-hybridized carbons (Fsp3) is 0.500. The van der Waals surface area contributed by atoms with Crippen LogP contribution in [0.15, 0.2) is 29.4 Å². The van der Waals surface area contributed by atoms with Crippen LogP contribution < -0.4 is 5.73 Å². The fourth-order valence-corrected chi connectivity index (χ4v) is 2.12. The van der Waals surface area contributed by atoms with Crippen molar-refractivity contribution < 1.29 is 5.21 Å². The van der Waals surface area contributed by atoms with Crippen LogP contribution in [0.3, 0.4) is 0 Å². The van der Waals surface area contributed by atoms with Gasteiger partial charge >= 0.3 is 0 Å². The smallest absolute Gasteiger partial charge is 0.170 e. The summed E-state index contributed by atoms with van der Waals surface area (Å²) in [5.41, 5.74) is 7.79. The minimum absolute atomic E-state index is 0.162. The summed E-state index contributed by atoms with van der Waals surface area (Å²) >= 11 is 0. The highest BCUT2D eigenvalue weighted by atomic mass is 16.4. The van der Waals surface area contributed by atoms with Gasteiger partial charge in [-0.25, -0.2) is 0 Å². The number of benzene rings is 1. The molecule has 0 aromatic heterocycles. The van der Waals surface area contributed by atoms with Crippen molar-refractivity contribution in [1.29, 1.82) is 0 Å². The van der Waals surface area contributed by atoms with Crippen LogP contribution in [0.5, 0.6) is 0 Å². The molecular weight excluding hydrogens is 226 g/mol. The van der Waals surface area contributed by atoms with E-state index >= 15 is 0 Å². The Labute approximate surface area is 109 Å². The molecule has 1 rings (SSSR count). The maximum absolute atomic E-state index is 8.78. The van der Waals surface area contributed by atoms with Gasteiger partial charge in [-0.2, -0.15) is 0 Å². The number of nitrogens with zero attached hydrogens (tertiary/aromatic N) is 2. The zero-order chi connectivity index (χ0) is 13.8. The molecule has 1 aromatic carbocycles. The molecular formula is C14H23N3O. The minimum Gasteiger partial charge on any atom is -0.409 e. The lowest BCUT2D eigenvalue weighted by Gasteiger charge is -2.27. The number of oxime groups is 1. The Bertz CT molecular complexity index is 421. The molecule has 0 aliphatic carbocycles. The molecule has 0 atom stereocenters. The molecule has 0 radical (unpaired) electrons. The molecule has 0 heterocycles. The van der Waals surface area contributed by atoms with Gasteiger partial charge in [0.1, 0.15) is 0 Å². The lowest BCUT2D eigenvalue weighted by atomic mass is 9.96. The molecule has 3 N–H and O–H groups in total. The average Bonchev–Trinajstić information content (AvgIpc) is 2.26. The van der Waals surface area contributed by atoms with Gasteiger partial charge in [0.25, 0.3) is 0 Å². The monoisotopic (exact) mass is 249 g/mol. The van der Waals surface area contributed by atoms with Gasteiger partial charge in [-0.05, 0) is 18.0 Å². The summed E-state index contributed by atoms with van der Waals surface area (Å²) < 4.78 is 0. The highest BCUT2D eigenvalue weighted by Gasteiger charge is 2.15. The van der Waals surface area contributed by atoms with Gasteiger partial charge in [0.05, 0.1) is 0 Å². The van der Waals surface area contributed by atoms with Gasteiger partial charge in [0, 0.05) is 18.7 Å². The van der Waals surface area contributed by atoms with Crippen LogP contribution in [0.2, 0.25) is 0 Å². The van der Waals surface area contributed by atoms with E-state index < -0.39 is 0 Å². The first kappa shape index (κ1) is 14.5. The highest BCUT2D eigenvalue weighted by Crippen LogP contribution is 2.17. The van der Waals surface area contributed by atoms with Crippen molar-refractivity contribution in [2.24, 2.45) is 16.3 Å². The Hall–Kier alpha value is -1.55. The Balaban J connectivity index is 2.85. The SMILES string of the molecule is CN(Cc1ccccc1C(N)=NO)CC(C)(C)C. The molecule has 0 amide bonds. The van der Waals surface area contributed by atoms with Crippen LogP contribution in [-0.4, -0.2) is 29.5 Å². The third kappa shape index (κ3) is 4.37. The number of hydrogen-bond acceptors (Lipinski definition) is 3. The Kier molecular flexibility index (Phi) is 4.73. The Morgan fingerprint density at radius 2 is 1.94 bits per heavy atom. The third-order valence-electron chi connectivity index (χ3n) is 2.59. The second-order valence-corrected chi connectivity index (χ2v) is 5.88. The minimum atomic E-state index is 0.162. The van der Waals surface area contributed by atoms with E-state index in [4.69, 9.17) is 10.9 Å². The summed E-state index contributed by atoms with van der Waals surface area (Å²) in [6.45, 7) is 8.39. The van der Waals surface area contributed by atoms with Gasteiger partial charge in [-0.3, -0.25) is 0 Å². The molecule has 0 fully saturated rings. The lowest BCUT2D eigenvalue weighted by Crippen LogP contribution is -2.29. The first-order chi connectivity index (χ1) is 8.33. The quantitative estimate of drug-likeness (QED) is 0.372. The summed E-state index contributed by atoms with van der Waals surface area (Å²) in [6.07, 6.45) is 0. The first-order valence-electron chi connectivity index (χ1n) is 6.08. The van der Waals surface area contributed by atoms with E-state index in [-0.39, 0.29) is 11.3 Å². The predicted molar refractivity (Wildman–Crippen MR) is 74.7 cm³/mol. The van der Waals surface area contributed by atoms with Gasteiger partial charge in [0.2, 0.25) is 0 Å². The van der Waals surface area contributed by atoms with Crippen molar-refractivity contribution in [3.05, 3.63) is 35.4 Å². The maximum atomic E-state index is 8.78. The normalized spacial score (nSPS) is 13.1. The van der Waals surface area contributed by atoms with E-state index in [9.17, 15) is 0 Å². The molecule has 0 saturated heterocycles. The standard InChI is InChI=1S/C14H23N3O/c1-14(2,3)10-17(4)9-11-7-5-6-8-12(11)13(15)16-18/h5-8,18H,9-10H2,1-4H3,(H2,15,16). The van der Waals surface area contributed by atoms with Crippen LogP contribution in [0.1, 0.15) is 31.9 Å². The zero-order valence-corrected chi connectivity index (χ0v) is 11.6. The Morgan fingerprint density at radius 3 is 2.50 bits per heavy atom. The fourth-order valence-electron chi connectivity index (χ4n) is 2.12. The van der Waals surface area contributed by atoms with E-state index in [0.29, 0.717) is 0 Å². The number of hydrogen-bond donors (Lipinski definition) is 2. The summed E-state index contributed by atoms with van der Waals surface area (Å²) in [4.78, 5) is 2.24. The van der Waals surface area contributed by atoms with Crippen LogP contribution in [0.25, 0.3) is 0 Å². The summed E-state index contributed by atoms with van der Waals surface area (Å²) in [6, 6.07) is 7.73. The Morgan fingerprint density at radius 1 is 1.33 bits per heavy atom. The first-order valence-corrected chi connectivity index (χ1v) is 6.08. The topological polar surface area (TPSA) is 61.8 Å². The van der Waals surface area contributed by atoms with Gasteiger partial charge in [0.15, 0.2) is 5.84 Å². The molecule has 0 aliphatic rings. The molecule has 0 aliphatic heterocycles. The maximum Gasteiger partial charge on any atom is 0.170 e. The van der Waals surface area contributed by atoms with Gasteiger partial charge < -0.3 is 15.8 Å². The number of amidine groups is 1. The van der Waals surface area contributed by atoms with Gasteiger partial charge in [-0.1, -0.05) is 50.2 Å².